The molecule has 3 atom stereocenters. The third kappa shape index (κ3) is 6.20. The lowest BCUT2D eigenvalue weighted by Gasteiger charge is -2.36. The van der Waals surface area contributed by atoms with E-state index in [4.69, 9.17) is 9.47 Å². The molecular formula is C24H37N3O4. The number of carbonyl (C=O) groups is 2. The van der Waals surface area contributed by atoms with Gasteiger partial charge in [-0.3, -0.25) is 14.5 Å². The molecule has 31 heavy (non-hydrogen) atoms. The van der Waals surface area contributed by atoms with Gasteiger partial charge in [0.2, 0.25) is 5.91 Å². The van der Waals surface area contributed by atoms with Gasteiger partial charge in [-0.05, 0) is 49.8 Å². The first-order valence-corrected chi connectivity index (χ1v) is 11.4. The lowest BCUT2D eigenvalue weighted by Crippen LogP contribution is -2.47. The SMILES string of the molecule is CCC(=O)Nc1ccc2c(c1)C(=O)N(C)C[C@@H](OC)[C@@H](C)CN(CC1CC1)[C@@H](C)CO2. The quantitative estimate of drug-likeness (QED) is 0.775. The number of nitrogens with zero attached hydrogens (tertiary/aromatic N) is 2. The molecule has 0 saturated heterocycles. The van der Waals surface area contributed by atoms with E-state index in [1.165, 1.54) is 12.8 Å². The molecule has 172 valence electrons. The number of hydrogen-bond donors (Lipinski definition) is 1. The normalized spacial score (nSPS) is 25.8. The van der Waals surface area contributed by atoms with E-state index in [2.05, 4.69) is 24.1 Å². The summed E-state index contributed by atoms with van der Waals surface area (Å²) in [5.74, 6) is 1.37. The van der Waals surface area contributed by atoms with Gasteiger partial charge in [-0.25, -0.2) is 0 Å². The second kappa shape index (κ2) is 10.5. The molecule has 3 rings (SSSR count). The summed E-state index contributed by atoms with van der Waals surface area (Å²) in [7, 11) is 3.51. The number of anilines is 1. The first-order chi connectivity index (χ1) is 14.8. The van der Waals surface area contributed by atoms with Crippen LogP contribution in [0.1, 0.15) is 50.4 Å². The minimum atomic E-state index is -0.139. The van der Waals surface area contributed by atoms with Crippen molar-refractivity contribution in [3.05, 3.63) is 23.8 Å². The van der Waals surface area contributed by atoms with Gasteiger partial charge in [-0.1, -0.05) is 13.8 Å². The molecular weight excluding hydrogens is 394 g/mol. The minimum Gasteiger partial charge on any atom is -0.491 e. The zero-order valence-corrected chi connectivity index (χ0v) is 19.5. The largest absolute Gasteiger partial charge is 0.491 e. The molecule has 0 aromatic heterocycles. The number of amides is 2. The molecule has 0 spiro atoms. The van der Waals surface area contributed by atoms with Gasteiger partial charge in [0, 0.05) is 51.9 Å². The number of methoxy groups -OCH3 is 1. The summed E-state index contributed by atoms with van der Waals surface area (Å²) in [6.07, 6.45) is 2.93. The van der Waals surface area contributed by atoms with Crippen LogP contribution in [0.5, 0.6) is 5.75 Å². The number of rotatable bonds is 5. The fourth-order valence-corrected chi connectivity index (χ4v) is 4.07. The van der Waals surface area contributed by atoms with Gasteiger partial charge in [-0.2, -0.15) is 0 Å². The van der Waals surface area contributed by atoms with Crippen molar-refractivity contribution in [2.24, 2.45) is 11.8 Å². The van der Waals surface area contributed by atoms with E-state index in [1.54, 1.807) is 44.2 Å². The Labute approximate surface area is 186 Å². The molecule has 1 N–H and O–H groups in total. The molecule has 1 fully saturated rings. The summed E-state index contributed by atoms with van der Waals surface area (Å²) < 4.78 is 12.0. The second-order valence-electron chi connectivity index (χ2n) is 9.11. The topological polar surface area (TPSA) is 71.1 Å². The van der Waals surface area contributed by atoms with Crippen molar-refractivity contribution in [2.45, 2.75) is 52.2 Å². The van der Waals surface area contributed by atoms with Gasteiger partial charge in [0.25, 0.3) is 5.91 Å². The zero-order chi connectivity index (χ0) is 22.5. The molecule has 0 unspecified atom stereocenters. The first-order valence-electron chi connectivity index (χ1n) is 11.4. The summed E-state index contributed by atoms with van der Waals surface area (Å²) in [4.78, 5) is 29.3. The monoisotopic (exact) mass is 431 g/mol. The summed E-state index contributed by atoms with van der Waals surface area (Å²) in [6.45, 7) is 9.16. The second-order valence-corrected chi connectivity index (χ2v) is 9.11. The fourth-order valence-electron chi connectivity index (χ4n) is 4.07. The fraction of sp³-hybridized carbons (Fsp3) is 0.667. The number of hydrogen-bond acceptors (Lipinski definition) is 5. The molecule has 1 saturated carbocycles. The lowest BCUT2D eigenvalue weighted by atomic mass is 10.0. The summed E-state index contributed by atoms with van der Waals surface area (Å²) in [5.41, 5.74) is 1.06. The minimum absolute atomic E-state index is 0.0605. The number of likely N-dealkylation sites (N-methyl/N-ethyl adjacent to an activating group) is 1. The van der Waals surface area contributed by atoms with E-state index in [0.29, 0.717) is 36.6 Å². The number of nitrogens with one attached hydrogen (secondary N) is 1. The van der Waals surface area contributed by atoms with E-state index in [-0.39, 0.29) is 29.9 Å². The smallest absolute Gasteiger partial charge is 0.257 e. The third-order valence-corrected chi connectivity index (χ3v) is 6.37. The Bertz CT molecular complexity index is 780. The van der Waals surface area contributed by atoms with E-state index in [0.717, 1.165) is 19.0 Å². The Morgan fingerprint density at radius 1 is 1.26 bits per heavy atom. The van der Waals surface area contributed by atoms with Crippen LogP contribution in [-0.2, 0) is 9.53 Å². The highest BCUT2D eigenvalue weighted by molar-refractivity contribution is 5.99. The van der Waals surface area contributed by atoms with Crippen LogP contribution in [0.3, 0.4) is 0 Å². The van der Waals surface area contributed by atoms with Crippen molar-refractivity contribution in [1.82, 2.24) is 9.80 Å². The van der Waals surface area contributed by atoms with E-state index in [1.807, 2.05) is 0 Å². The predicted molar refractivity (Wildman–Crippen MR) is 122 cm³/mol. The van der Waals surface area contributed by atoms with Crippen LogP contribution in [0.4, 0.5) is 5.69 Å². The Morgan fingerprint density at radius 2 is 2.00 bits per heavy atom. The zero-order valence-electron chi connectivity index (χ0n) is 19.5. The number of carbonyl (C=O) groups excluding carboxylic acids is 2. The highest BCUT2D eigenvalue weighted by atomic mass is 16.5. The summed E-state index contributed by atoms with van der Waals surface area (Å²) in [6, 6.07) is 5.51. The van der Waals surface area contributed by atoms with Crippen molar-refractivity contribution >= 4 is 17.5 Å². The highest BCUT2D eigenvalue weighted by Crippen LogP contribution is 2.31. The van der Waals surface area contributed by atoms with Crippen molar-refractivity contribution in [2.75, 3.05) is 45.7 Å². The van der Waals surface area contributed by atoms with Gasteiger partial charge in [0.05, 0.1) is 11.7 Å². The van der Waals surface area contributed by atoms with Crippen molar-refractivity contribution in [1.29, 1.82) is 0 Å². The Kier molecular flexibility index (Phi) is 7.94. The average Bonchev–Trinajstić information content (AvgIpc) is 3.58. The van der Waals surface area contributed by atoms with Crippen LogP contribution >= 0.6 is 0 Å². The Hall–Kier alpha value is -2.12. The molecule has 1 aliphatic carbocycles. The molecule has 0 radical (unpaired) electrons. The molecule has 0 bridgehead atoms. The maximum atomic E-state index is 13.3. The van der Waals surface area contributed by atoms with Crippen LogP contribution in [-0.4, -0.2) is 74.2 Å². The maximum absolute atomic E-state index is 13.3. The molecule has 1 aliphatic heterocycles. The molecule has 2 amide bonds. The van der Waals surface area contributed by atoms with Crippen molar-refractivity contribution in [3.63, 3.8) is 0 Å². The van der Waals surface area contributed by atoms with Crippen molar-refractivity contribution in [3.8, 4) is 5.75 Å². The number of ether oxygens (including phenoxy) is 2. The number of benzene rings is 1. The van der Waals surface area contributed by atoms with Gasteiger partial charge in [-0.15, -0.1) is 0 Å². The molecule has 1 aromatic rings. The van der Waals surface area contributed by atoms with E-state index >= 15 is 0 Å². The first kappa shape index (κ1) is 23.5. The lowest BCUT2D eigenvalue weighted by molar-refractivity contribution is -0.115. The average molecular weight is 432 g/mol. The van der Waals surface area contributed by atoms with Crippen LogP contribution < -0.4 is 10.1 Å². The van der Waals surface area contributed by atoms with Crippen LogP contribution in [0.25, 0.3) is 0 Å². The number of fused-ring (bicyclic) bond motifs is 1. The standard InChI is InChI=1S/C24H37N3O4/c1-6-23(28)25-19-9-10-21-20(11-19)24(29)26(4)14-22(30-5)16(2)12-27(13-18-7-8-18)17(3)15-31-21/h9-11,16-18,22H,6-8,12-15H2,1-5H3,(H,25,28)/t16-,17-,22+/m0/s1. The summed E-state index contributed by atoms with van der Waals surface area (Å²) in [5, 5.41) is 2.84. The van der Waals surface area contributed by atoms with Crippen LogP contribution in [0.15, 0.2) is 18.2 Å². The molecule has 1 heterocycles. The Morgan fingerprint density at radius 3 is 2.65 bits per heavy atom. The molecule has 2 aliphatic rings. The summed E-state index contributed by atoms with van der Waals surface area (Å²) >= 11 is 0. The predicted octanol–water partition coefficient (Wildman–Crippen LogP) is 3.25. The van der Waals surface area contributed by atoms with Gasteiger partial charge >= 0.3 is 0 Å². The van der Waals surface area contributed by atoms with E-state index < -0.39 is 0 Å². The Balaban J connectivity index is 1.90. The van der Waals surface area contributed by atoms with Crippen LogP contribution in [0, 0.1) is 11.8 Å². The van der Waals surface area contributed by atoms with Gasteiger partial charge < -0.3 is 19.7 Å². The highest BCUT2D eigenvalue weighted by Gasteiger charge is 2.31. The molecule has 7 heteroatoms. The molecule has 7 nitrogen and oxygen atoms in total. The van der Waals surface area contributed by atoms with Crippen LogP contribution in [0.2, 0.25) is 0 Å². The van der Waals surface area contributed by atoms with Gasteiger partial charge in [0.1, 0.15) is 12.4 Å². The molecule has 1 aromatic carbocycles. The maximum Gasteiger partial charge on any atom is 0.257 e. The third-order valence-electron chi connectivity index (χ3n) is 6.37. The van der Waals surface area contributed by atoms with E-state index in [9.17, 15) is 9.59 Å². The van der Waals surface area contributed by atoms with Gasteiger partial charge in [0.15, 0.2) is 0 Å². The van der Waals surface area contributed by atoms with Crippen molar-refractivity contribution < 1.29 is 19.1 Å².